The highest BCUT2D eigenvalue weighted by Crippen LogP contribution is 2.29. The van der Waals surface area contributed by atoms with Crippen molar-refractivity contribution in [3.8, 4) is 22.8 Å². The van der Waals surface area contributed by atoms with Crippen LogP contribution in [0.1, 0.15) is 10.4 Å². The number of rotatable bonds is 7. The smallest absolute Gasteiger partial charge is 0.196 e. The lowest BCUT2D eigenvalue weighted by molar-refractivity contribution is 0.101. The Kier molecular flexibility index (Phi) is 6.11. The zero-order valence-electron chi connectivity index (χ0n) is 16.0. The van der Waals surface area contributed by atoms with Gasteiger partial charge in [0, 0.05) is 28.7 Å². The van der Waals surface area contributed by atoms with Crippen molar-refractivity contribution in [1.29, 1.82) is 0 Å². The molecule has 30 heavy (non-hydrogen) atoms. The summed E-state index contributed by atoms with van der Waals surface area (Å²) in [4.78, 5) is 16.8. The zero-order chi connectivity index (χ0) is 20.9. The van der Waals surface area contributed by atoms with Gasteiger partial charge in [-0.1, -0.05) is 35.5 Å². The van der Waals surface area contributed by atoms with Crippen molar-refractivity contribution < 1.29 is 9.53 Å². The maximum Gasteiger partial charge on any atom is 0.196 e. The average molecular weight is 437 g/mol. The monoisotopic (exact) mass is 436 g/mol. The van der Waals surface area contributed by atoms with E-state index < -0.39 is 0 Å². The van der Waals surface area contributed by atoms with E-state index in [1.807, 2.05) is 53.1 Å². The van der Waals surface area contributed by atoms with Crippen molar-refractivity contribution in [3.05, 3.63) is 83.6 Å². The van der Waals surface area contributed by atoms with E-state index in [2.05, 4.69) is 15.2 Å². The van der Waals surface area contributed by atoms with E-state index >= 15 is 0 Å². The van der Waals surface area contributed by atoms with Crippen molar-refractivity contribution in [2.45, 2.75) is 5.16 Å². The number of pyridine rings is 1. The fourth-order valence-corrected chi connectivity index (χ4v) is 3.92. The number of aromatic nitrogens is 4. The molecule has 0 spiro atoms. The number of ether oxygens (including phenoxy) is 1. The van der Waals surface area contributed by atoms with Crippen LogP contribution in [0.3, 0.4) is 0 Å². The van der Waals surface area contributed by atoms with Crippen LogP contribution in [0.25, 0.3) is 17.1 Å². The minimum atomic E-state index is -0.0476. The molecule has 2 aromatic heterocycles. The van der Waals surface area contributed by atoms with Crippen LogP contribution in [-0.2, 0) is 0 Å². The summed E-state index contributed by atoms with van der Waals surface area (Å²) in [6.07, 6.45) is 3.41. The molecule has 0 saturated carbocycles. The van der Waals surface area contributed by atoms with Gasteiger partial charge >= 0.3 is 0 Å². The van der Waals surface area contributed by atoms with Crippen LogP contribution in [0.2, 0.25) is 5.02 Å². The predicted molar refractivity (Wildman–Crippen MR) is 118 cm³/mol. The molecule has 4 aromatic rings. The summed E-state index contributed by atoms with van der Waals surface area (Å²) in [6.45, 7) is 0. The van der Waals surface area contributed by atoms with Crippen molar-refractivity contribution in [2.24, 2.45) is 0 Å². The Bertz CT molecular complexity index is 1160. The summed E-state index contributed by atoms with van der Waals surface area (Å²) in [5.41, 5.74) is 2.26. The highest BCUT2D eigenvalue weighted by Gasteiger charge is 2.19. The first-order valence-corrected chi connectivity index (χ1v) is 10.4. The first-order valence-electron chi connectivity index (χ1n) is 9.08. The quantitative estimate of drug-likeness (QED) is 0.301. The fraction of sp³-hybridized carbons (Fsp3) is 0.0909. The number of halogens is 1. The van der Waals surface area contributed by atoms with Gasteiger partial charge in [0.05, 0.1) is 18.4 Å². The summed E-state index contributed by atoms with van der Waals surface area (Å²) in [5, 5.41) is 9.94. The summed E-state index contributed by atoms with van der Waals surface area (Å²) in [5.74, 6) is 1.36. The Balaban J connectivity index is 1.67. The van der Waals surface area contributed by atoms with E-state index in [4.69, 9.17) is 16.3 Å². The molecule has 0 radical (unpaired) electrons. The molecular weight excluding hydrogens is 420 g/mol. The minimum Gasteiger partial charge on any atom is -0.496 e. The van der Waals surface area contributed by atoms with Gasteiger partial charge in [0.1, 0.15) is 5.75 Å². The zero-order valence-corrected chi connectivity index (χ0v) is 17.6. The number of nitrogens with zero attached hydrogens (tertiary/aromatic N) is 4. The van der Waals surface area contributed by atoms with E-state index in [9.17, 15) is 4.79 Å². The van der Waals surface area contributed by atoms with Crippen molar-refractivity contribution >= 4 is 29.1 Å². The number of hydrogen-bond donors (Lipinski definition) is 0. The second-order valence-corrected chi connectivity index (χ2v) is 7.64. The lowest BCUT2D eigenvalue weighted by atomic mass is 10.1. The molecule has 150 valence electrons. The molecule has 0 N–H and O–H groups in total. The third kappa shape index (κ3) is 4.22. The molecule has 0 atom stereocenters. The average Bonchev–Trinajstić information content (AvgIpc) is 3.22. The fourth-order valence-electron chi connectivity index (χ4n) is 2.96. The van der Waals surface area contributed by atoms with E-state index in [1.54, 1.807) is 31.6 Å². The Labute approximate surface area is 182 Å². The van der Waals surface area contributed by atoms with Crippen LogP contribution < -0.4 is 4.74 Å². The second kappa shape index (κ2) is 9.11. The van der Waals surface area contributed by atoms with Gasteiger partial charge in [-0.25, -0.2) is 0 Å². The molecule has 0 saturated heterocycles. The second-order valence-electron chi connectivity index (χ2n) is 6.27. The number of hydrogen-bond acceptors (Lipinski definition) is 6. The molecule has 0 amide bonds. The van der Waals surface area contributed by atoms with Gasteiger partial charge in [0.25, 0.3) is 0 Å². The Morgan fingerprint density at radius 1 is 1.03 bits per heavy atom. The van der Waals surface area contributed by atoms with E-state index in [1.165, 1.54) is 11.8 Å². The number of Topliss-reactive ketones (excluding diaryl/α,β-unsaturated/α-hetero) is 1. The lowest BCUT2D eigenvalue weighted by Crippen LogP contribution is -2.06. The Morgan fingerprint density at radius 2 is 1.77 bits per heavy atom. The molecular formula is C22H17ClN4O2S. The maximum atomic E-state index is 12.8. The van der Waals surface area contributed by atoms with E-state index in [0.717, 1.165) is 11.3 Å². The molecule has 6 nitrogen and oxygen atoms in total. The third-order valence-corrected chi connectivity index (χ3v) is 5.58. The van der Waals surface area contributed by atoms with Crippen molar-refractivity contribution in [3.63, 3.8) is 0 Å². The normalized spacial score (nSPS) is 10.7. The number of para-hydroxylation sites is 1. The van der Waals surface area contributed by atoms with E-state index in [-0.39, 0.29) is 11.5 Å². The Morgan fingerprint density at radius 3 is 2.50 bits per heavy atom. The van der Waals surface area contributed by atoms with Crippen LogP contribution in [0.5, 0.6) is 5.75 Å². The molecule has 2 heterocycles. The van der Waals surface area contributed by atoms with E-state index in [0.29, 0.717) is 27.3 Å². The standard InChI is InChI=1S/C22H17ClN4O2S/c1-29-20-5-3-2-4-18(20)19(28)14-30-22-26-25-21(15-10-12-24-13-11-15)27(22)17-8-6-16(23)7-9-17/h2-13H,14H2,1H3. The molecule has 2 aromatic carbocycles. The molecule has 0 aliphatic heterocycles. The molecule has 8 heteroatoms. The van der Waals surface area contributed by atoms with Crippen LogP contribution >= 0.6 is 23.4 Å². The summed E-state index contributed by atoms with van der Waals surface area (Å²) < 4.78 is 7.21. The summed E-state index contributed by atoms with van der Waals surface area (Å²) in [7, 11) is 1.55. The van der Waals surface area contributed by atoms with Gasteiger partial charge in [-0.15, -0.1) is 10.2 Å². The topological polar surface area (TPSA) is 69.9 Å². The SMILES string of the molecule is COc1ccccc1C(=O)CSc1nnc(-c2ccncc2)n1-c1ccc(Cl)cc1. The molecule has 0 aliphatic rings. The largest absolute Gasteiger partial charge is 0.496 e. The number of thioether (sulfide) groups is 1. The number of benzene rings is 2. The van der Waals surface area contributed by atoms with Gasteiger partial charge < -0.3 is 4.74 Å². The maximum absolute atomic E-state index is 12.8. The molecule has 0 unspecified atom stereocenters. The molecule has 0 aliphatic carbocycles. The van der Waals surface area contributed by atoms with Crippen molar-refractivity contribution in [2.75, 3.05) is 12.9 Å². The number of ketones is 1. The molecule has 4 rings (SSSR count). The third-order valence-electron chi connectivity index (χ3n) is 4.40. The van der Waals surface area contributed by atoms with Crippen LogP contribution in [0.4, 0.5) is 0 Å². The van der Waals surface area contributed by atoms with Crippen molar-refractivity contribution in [1.82, 2.24) is 19.7 Å². The van der Waals surface area contributed by atoms with Gasteiger partial charge in [0.15, 0.2) is 16.8 Å². The van der Waals surface area contributed by atoms with Gasteiger partial charge in [-0.2, -0.15) is 0 Å². The number of methoxy groups -OCH3 is 1. The van der Waals surface area contributed by atoms with Crippen LogP contribution in [0, 0.1) is 0 Å². The predicted octanol–water partition coefficient (Wildman–Crippen LogP) is 4.97. The highest BCUT2D eigenvalue weighted by molar-refractivity contribution is 7.99. The molecule has 0 bridgehead atoms. The summed E-state index contributed by atoms with van der Waals surface area (Å²) >= 11 is 7.38. The Hall–Kier alpha value is -3.16. The van der Waals surface area contributed by atoms with Gasteiger partial charge in [-0.05, 0) is 48.5 Å². The number of carbonyl (C=O) groups excluding carboxylic acids is 1. The highest BCUT2D eigenvalue weighted by atomic mass is 35.5. The van der Waals surface area contributed by atoms with Crippen LogP contribution in [-0.4, -0.2) is 38.4 Å². The van der Waals surface area contributed by atoms with Crippen LogP contribution in [0.15, 0.2) is 78.2 Å². The number of carbonyl (C=O) groups is 1. The first kappa shape index (κ1) is 20.1. The molecule has 0 fully saturated rings. The minimum absolute atomic E-state index is 0.0476. The summed E-state index contributed by atoms with van der Waals surface area (Å²) in [6, 6.07) is 18.3. The lowest BCUT2D eigenvalue weighted by Gasteiger charge is -2.11. The van der Waals surface area contributed by atoms with Gasteiger partial charge in [-0.3, -0.25) is 14.3 Å². The van der Waals surface area contributed by atoms with Gasteiger partial charge in [0.2, 0.25) is 0 Å². The first-order chi connectivity index (χ1) is 14.7.